The molecule has 1 N–H and O–H groups in total. The zero-order chi connectivity index (χ0) is 14.7. The van der Waals surface area contributed by atoms with Crippen molar-refractivity contribution in [1.29, 1.82) is 0 Å². The van der Waals surface area contributed by atoms with Gasteiger partial charge in [-0.15, -0.1) is 0 Å². The lowest BCUT2D eigenvalue weighted by atomic mass is 9.96. The summed E-state index contributed by atoms with van der Waals surface area (Å²) in [5, 5.41) is 9.91. The summed E-state index contributed by atoms with van der Waals surface area (Å²) < 4.78 is 0. The molecule has 0 radical (unpaired) electrons. The van der Waals surface area contributed by atoms with Gasteiger partial charge in [-0.2, -0.15) is 0 Å². The molecule has 116 valence electrons. The normalized spacial score (nSPS) is 22.0. The number of aromatic hydroxyl groups is 1. The minimum Gasteiger partial charge on any atom is -0.506 e. The molecule has 0 amide bonds. The Balaban J connectivity index is 1.48. The van der Waals surface area contributed by atoms with Crippen molar-refractivity contribution in [2.45, 2.75) is 39.2 Å². The maximum absolute atomic E-state index is 9.91. The summed E-state index contributed by atoms with van der Waals surface area (Å²) in [6, 6.07) is 3.62. The molecule has 4 nitrogen and oxygen atoms in total. The van der Waals surface area contributed by atoms with E-state index in [1.54, 1.807) is 6.07 Å². The fraction of sp³-hybridized carbons (Fsp3) is 0.706. The molecule has 0 unspecified atom stereocenters. The van der Waals surface area contributed by atoms with Crippen LogP contribution in [0.4, 0.5) is 0 Å². The first kappa shape index (κ1) is 14.8. The Hall–Kier alpha value is -1.13. The van der Waals surface area contributed by atoms with E-state index in [0.29, 0.717) is 5.75 Å². The molecule has 0 saturated carbocycles. The zero-order valence-corrected chi connectivity index (χ0v) is 13.1. The number of hydrogen-bond acceptors (Lipinski definition) is 4. The second kappa shape index (κ2) is 6.75. The zero-order valence-electron chi connectivity index (χ0n) is 13.1. The Bertz CT molecular complexity index is 463. The van der Waals surface area contributed by atoms with Crippen LogP contribution in [0.5, 0.6) is 5.75 Å². The van der Waals surface area contributed by atoms with E-state index in [2.05, 4.69) is 14.8 Å². The van der Waals surface area contributed by atoms with Gasteiger partial charge in [-0.25, -0.2) is 0 Å². The lowest BCUT2D eigenvalue weighted by Gasteiger charge is -2.33. The molecule has 1 aromatic rings. The van der Waals surface area contributed by atoms with Crippen molar-refractivity contribution >= 4 is 0 Å². The molecule has 2 fully saturated rings. The van der Waals surface area contributed by atoms with E-state index in [1.165, 1.54) is 45.3 Å². The van der Waals surface area contributed by atoms with Crippen LogP contribution in [0.15, 0.2) is 12.1 Å². The van der Waals surface area contributed by atoms with E-state index in [9.17, 15) is 5.11 Å². The van der Waals surface area contributed by atoms with E-state index in [-0.39, 0.29) is 0 Å². The third-order valence-corrected chi connectivity index (χ3v) is 4.88. The van der Waals surface area contributed by atoms with Gasteiger partial charge in [0.05, 0.1) is 5.69 Å². The molecular formula is C17H27N3O. The summed E-state index contributed by atoms with van der Waals surface area (Å²) >= 11 is 0. The van der Waals surface area contributed by atoms with Crippen LogP contribution in [-0.4, -0.2) is 52.6 Å². The quantitative estimate of drug-likeness (QED) is 0.924. The van der Waals surface area contributed by atoms with Crippen molar-refractivity contribution in [2.24, 2.45) is 5.92 Å². The van der Waals surface area contributed by atoms with Crippen molar-refractivity contribution < 1.29 is 5.11 Å². The number of nitrogens with zero attached hydrogens (tertiary/aromatic N) is 3. The molecule has 0 spiro atoms. The summed E-state index contributed by atoms with van der Waals surface area (Å²) in [7, 11) is 0. The van der Waals surface area contributed by atoms with Crippen molar-refractivity contribution in [3.63, 3.8) is 0 Å². The van der Waals surface area contributed by atoms with E-state index < -0.39 is 0 Å². The van der Waals surface area contributed by atoms with E-state index in [1.807, 2.05) is 13.0 Å². The minimum absolute atomic E-state index is 0.333. The third-order valence-electron chi connectivity index (χ3n) is 4.88. The van der Waals surface area contributed by atoms with Crippen molar-refractivity contribution in [1.82, 2.24) is 14.8 Å². The van der Waals surface area contributed by atoms with Gasteiger partial charge in [0.15, 0.2) is 0 Å². The van der Waals surface area contributed by atoms with Gasteiger partial charge in [0.2, 0.25) is 0 Å². The maximum Gasteiger partial charge on any atom is 0.138 e. The Morgan fingerprint density at radius 1 is 1.10 bits per heavy atom. The summed E-state index contributed by atoms with van der Waals surface area (Å²) in [4.78, 5) is 9.53. The predicted molar refractivity (Wildman–Crippen MR) is 84.3 cm³/mol. The van der Waals surface area contributed by atoms with Crippen LogP contribution < -0.4 is 0 Å². The van der Waals surface area contributed by atoms with Crippen molar-refractivity contribution in [3.05, 3.63) is 23.5 Å². The van der Waals surface area contributed by atoms with Crippen LogP contribution >= 0.6 is 0 Å². The van der Waals surface area contributed by atoms with Crippen molar-refractivity contribution in [3.8, 4) is 5.75 Å². The Morgan fingerprint density at radius 3 is 2.52 bits per heavy atom. The van der Waals surface area contributed by atoms with Crippen LogP contribution in [0.25, 0.3) is 0 Å². The van der Waals surface area contributed by atoms with Crippen LogP contribution in [0, 0.1) is 12.8 Å². The maximum atomic E-state index is 9.91. The van der Waals surface area contributed by atoms with Gasteiger partial charge in [-0.05, 0) is 76.8 Å². The van der Waals surface area contributed by atoms with Gasteiger partial charge in [0.1, 0.15) is 5.75 Å². The van der Waals surface area contributed by atoms with Gasteiger partial charge in [0.25, 0.3) is 0 Å². The first-order valence-corrected chi connectivity index (χ1v) is 8.31. The topological polar surface area (TPSA) is 39.6 Å². The molecular weight excluding hydrogens is 262 g/mol. The molecule has 4 heteroatoms. The molecule has 2 aliphatic heterocycles. The molecule has 0 aliphatic carbocycles. The van der Waals surface area contributed by atoms with Gasteiger partial charge >= 0.3 is 0 Å². The second-order valence-corrected chi connectivity index (χ2v) is 6.65. The first-order chi connectivity index (χ1) is 10.2. The van der Waals surface area contributed by atoms with E-state index in [0.717, 1.165) is 36.9 Å². The molecule has 2 saturated heterocycles. The summed E-state index contributed by atoms with van der Waals surface area (Å²) in [6.45, 7) is 8.93. The van der Waals surface area contributed by atoms with Gasteiger partial charge < -0.3 is 10.0 Å². The van der Waals surface area contributed by atoms with Crippen molar-refractivity contribution in [2.75, 3.05) is 32.7 Å². The molecule has 3 rings (SSSR count). The lowest BCUT2D eigenvalue weighted by molar-refractivity contribution is 0.146. The molecule has 0 bridgehead atoms. The van der Waals surface area contributed by atoms with Gasteiger partial charge in [-0.3, -0.25) is 9.88 Å². The molecule has 0 aromatic carbocycles. The summed E-state index contributed by atoms with van der Waals surface area (Å²) in [5.74, 6) is 1.19. The number of rotatable bonds is 4. The monoisotopic (exact) mass is 289 g/mol. The first-order valence-electron chi connectivity index (χ1n) is 8.31. The molecule has 0 atom stereocenters. The fourth-order valence-electron chi connectivity index (χ4n) is 3.59. The average Bonchev–Trinajstić information content (AvgIpc) is 2.98. The van der Waals surface area contributed by atoms with E-state index >= 15 is 0 Å². The average molecular weight is 289 g/mol. The number of aromatic nitrogens is 1. The Morgan fingerprint density at radius 2 is 1.81 bits per heavy atom. The van der Waals surface area contributed by atoms with Crippen LogP contribution in [0.2, 0.25) is 0 Å². The highest BCUT2D eigenvalue weighted by Crippen LogP contribution is 2.23. The van der Waals surface area contributed by atoms with Crippen LogP contribution in [0.3, 0.4) is 0 Å². The Kier molecular flexibility index (Phi) is 4.76. The molecule has 2 aliphatic rings. The third kappa shape index (κ3) is 3.95. The lowest BCUT2D eigenvalue weighted by Crippen LogP contribution is -2.37. The smallest absolute Gasteiger partial charge is 0.138 e. The highest BCUT2D eigenvalue weighted by atomic mass is 16.3. The van der Waals surface area contributed by atoms with Crippen LogP contribution in [0.1, 0.15) is 37.1 Å². The molecule has 3 heterocycles. The number of hydrogen-bond donors (Lipinski definition) is 1. The van der Waals surface area contributed by atoms with Gasteiger partial charge in [-0.1, -0.05) is 0 Å². The van der Waals surface area contributed by atoms with Gasteiger partial charge in [0, 0.05) is 18.8 Å². The minimum atomic E-state index is 0.333. The van der Waals surface area contributed by atoms with E-state index in [4.69, 9.17) is 0 Å². The van der Waals surface area contributed by atoms with Crippen LogP contribution in [-0.2, 0) is 6.54 Å². The number of aryl methyl sites for hydroxylation is 1. The molecule has 1 aromatic heterocycles. The molecule has 21 heavy (non-hydrogen) atoms. The highest BCUT2D eigenvalue weighted by Gasteiger charge is 2.23. The number of likely N-dealkylation sites (tertiary alicyclic amines) is 2. The Labute approximate surface area is 127 Å². The fourth-order valence-corrected chi connectivity index (χ4v) is 3.59. The largest absolute Gasteiger partial charge is 0.506 e. The predicted octanol–water partition coefficient (Wildman–Crippen LogP) is 2.40. The number of piperidine rings is 1. The second-order valence-electron chi connectivity index (χ2n) is 6.65. The SMILES string of the molecule is Cc1ccc(O)c(CN2CCC(CN3CCCC3)CC2)n1. The standard InChI is InChI=1S/C17H27N3O/c1-14-4-5-17(21)16(18-14)13-20-10-6-15(7-11-20)12-19-8-2-3-9-19/h4-5,15,21H,2-3,6-13H2,1H3. The highest BCUT2D eigenvalue weighted by molar-refractivity contribution is 5.27. The number of pyridine rings is 1. The summed E-state index contributed by atoms with van der Waals surface area (Å²) in [6.07, 6.45) is 5.33. The summed E-state index contributed by atoms with van der Waals surface area (Å²) in [5.41, 5.74) is 1.81.